The predicted molar refractivity (Wildman–Crippen MR) is 158 cm³/mol. The Labute approximate surface area is 245 Å². The first-order chi connectivity index (χ1) is 20.2. The Balaban J connectivity index is 1.42. The van der Waals surface area contributed by atoms with Gasteiger partial charge in [0.15, 0.2) is 6.79 Å². The molecule has 2 amide bonds. The van der Waals surface area contributed by atoms with Crippen LogP contribution >= 0.6 is 0 Å². The Morgan fingerprint density at radius 2 is 1.81 bits per heavy atom. The van der Waals surface area contributed by atoms with Crippen molar-refractivity contribution in [2.24, 2.45) is 0 Å². The Bertz CT molecular complexity index is 1540. The van der Waals surface area contributed by atoms with Crippen molar-refractivity contribution in [1.29, 1.82) is 0 Å². The lowest BCUT2D eigenvalue weighted by molar-refractivity contribution is -0.126. The number of pyridine rings is 1. The summed E-state index contributed by atoms with van der Waals surface area (Å²) in [4.78, 5) is 34.6. The van der Waals surface area contributed by atoms with Crippen LogP contribution in [0.2, 0.25) is 0 Å². The molecule has 4 atom stereocenters. The molecule has 42 heavy (non-hydrogen) atoms. The second kappa shape index (κ2) is 11.2. The molecular formula is C34H35N3O5. The van der Waals surface area contributed by atoms with Crippen molar-refractivity contribution in [1.82, 2.24) is 10.3 Å². The van der Waals surface area contributed by atoms with Crippen LogP contribution in [-0.2, 0) is 30.9 Å². The van der Waals surface area contributed by atoms with Gasteiger partial charge >= 0.3 is 0 Å². The number of carbonyl (C=O) groups excluding carboxylic acids is 2. The fraction of sp³-hybridized carbons (Fsp3) is 0.324. The second-order valence-corrected chi connectivity index (χ2v) is 12.0. The molecule has 0 saturated carbocycles. The summed E-state index contributed by atoms with van der Waals surface area (Å²) in [6.45, 7) is 6.53. The molecule has 6 rings (SSSR count). The summed E-state index contributed by atoms with van der Waals surface area (Å²) >= 11 is 0. The number of aliphatic hydroxyl groups is 1. The van der Waals surface area contributed by atoms with Gasteiger partial charge in [-0.25, -0.2) is 0 Å². The van der Waals surface area contributed by atoms with E-state index in [2.05, 4.69) is 31.1 Å². The first-order valence-corrected chi connectivity index (χ1v) is 14.3. The van der Waals surface area contributed by atoms with Gasteiger partial charge in [0.2, 0.25) is 5.91 Å². The second-order valence-electron chi connectivity index (χ2n) is 12.0. The van der Waals surface area contributed by atoms with Gasteiger partial charge in [0.25, 0.3) is 5.91 Å². The summed E-state index contributed by atoms with van der Waals surface area (Å²) < 4.78 is 11.2. The van der Waals surface area contributed by atoms with Crippen LogP contribution in [0.1, 0.15) is 61.5 Å². The van der Waals surface area contributed by atoms with Crippen LogP contribution < -0.4 is 10.2 Å². The topological polar surface area (TPSA) is 101 Å². The number of nitrogens with one attached hydrogen (secondary N) is 1. The smallest absolute Gasteiger partial charge is 0.255 e. The molecule has 2 N–H and O–H groups in total. The number of carbonyl (C=O) groups is 2. The van der Waals surface area contributed by atoms with E-state index in [0.717, 1.165) is 16.7 Å². The highest BCUT2D eigenvalue weighted by atomic mass is 16.7. The highest BCUT2D eigenvalue weighted by Gasteiger charge is 2.40. The number of hydrogen-bond acceptors (Lipinski definition) is 6. The van der Waals surface area contributed by atoms with Crippen LogP contribution in [0.4, 0.5) is 5.69 Å². The molecular weight excluding hydrogens is 530 g/mol. The summed E-state index contributed by atoms with van der Waals surface area (Å²) in [7, 11) is 0. The third kappa shape index (κ3) is 5.35. The maximum Gasteiger partial charge on any atom is 0.255 e. The van der Waals surface area contributed by atoms with E-state index in [9.17, 15) is 14.7 Å². The molecule has 0 bridgehead atoms. The standard InChI is InChI=1S/C34H35N3O5/c1-34(2,3)24-11-13-25(14-12-24)37(33(40)22-10-15-28-29(18-22)42-20-41-28)31(23-8-6-16-35-19-23)32(39)36-30-26-9-5-4-7-21(26)17-27(30)38/h4-16,19,27,29-31,38H,17-18,20H2,1-3H3,(H,36,39)/t27-,29?,30-,31?/m0/s1. The van der Waals surface area contributed by atoms with Crippen molar-refractivity contribution in [3.8, 4) is 0 Å². The Morgan fingerprint density at radius 1 is 1.02 bits per heavy atom. The van der Waals surface area contributed by atoms with Crippen LogP contribution in [0.5, 0.6) is 0 Å². The number of benzene rings is 2. The molecule has 8 nitrogen and oxygen atoms in total. The molecule has 2 aromatic carbocycles. The van der Waals surface area contributed by atoms with Gasteiger partial charge in [-0.1, -0.05) is 63.2 Å². The third-order valence-electron chi connectivity index (χ3n) is 8.18. The van der Waals surface area contributed by atoms with E-state index in [1.807, 2.05) is 48.5 Å². The van der Waals surface area contributed by atoms with Crippen molar-refractivity contribution >= 4 is 17.5 Å². The molecule has 3 aliphatic rings. The summed E-state index contributed by atoms with van der Waals surface area (Å²) in [6.07, 6.45) is 6.41. The minimum atomic E-state index is -1.06. The number of amides is 2. The summed E-state index contributed by atoms with van der Waals surface area (Å²) in [5.41, 5.74) is 4.51. The Kier molecular flexibility index (Phi) is 7.43. The molecule has 2 unspecified atom stereocenters. The van der Waals surface area contributed by atoms with E-state index in [0.29, 0.717) is 35.4 Å². The lowest BCUT2D eigenvalue weighted by Gasteiger charge is -2.34. The fourth-order valence-electron chi connectivity index (χ4n) is 5.88. The molecule has 216 valence electrons. The van der Waals surface area contributed by atoms with Gasteiger partial charge in [-0.2, -0.15) is 0 Å². The van der Waals surface area contributed by atoms with E-state index in [4.69, 9.17) is 9.47 Å². The number of anilines is 1. The van der Waals surface area contributed by atoms with Crippen LogP contribution in [0.15, 0.2) is 96.5 Å². The number of allylic oxidation sites excluding steroid dienone is 2. The van der Waals surface area contributed by atoms with Crippen molar-refractivity contribution in [2.75, 3.05) is 11.7 Å². The lowest BCUT2D eigenvalue weighted by atomic mass is 9.87. The largest absolute Gasteiger partial charge is 0.469 e. The van der Waals surface area contributed by atoms with E-state index in [1.165, 1.54) is 4.90 Å². The van der Waals surface area contributed by atoms with E-state index < -0.39 is 24.1 Å². The average Bonchev–Trinajstić information content (AvgIpc) is 3.59. The molecule has 2 heterocycles. The zero-order chi connectivity index (χ0) is 29.4. The van der Waals surface area contributed by atoms with E-state index in [-0.39, 0.29) is 24.2 Å². The molecule has 8 heteroatoms. The molecule has 1 fully saturated rings. The minimum absolute atomic E-state index is 0.0909. The average molecular weight is 566 g/mol. The quantitative estimate of drug-likeness (QED) is 0.445. The SMILES string of the molecule is CC(C)(C)c1ccc(N(C(=O)C2=CC=C3OCOC3C2)C(C(=O)N[C@H]2c3ccccc3C[C@@H]2O)c2cccnc2)cc1. The highest BCUT2D eigenvalue weighted by molar-refractivity contribution is 6.10. The van der Waals surface area contributed by atoms with Crippen LogP contribution in [0.25, 0.3) is 0 Å². The number of aliphatic hydroxyl groups excluding tert-OH is 1. The van der Waals surface area contributed by atoms with Crippen molar-refractivity contribution < 1.29 is 24.2 Å². The van der Waals surface area contributed by atoms with Crippen molar-refractivity contribution in [3.63, 3.8) is 0 Å². The molecule has 3 aromatic rings. The predicted octanol–water partition coefficient (Wildman–Crippen LogP) is 4.81. The van der Waals surface area contributed by atoms with Crippen LogP contribution in [-0.4, -0.2) is 40.9 Å². The van der Waals surface area contributed by atoms with Gasteiger partial charge in [0, 0.05) is 42.1 Å². The minimum Gasteiger partial charge on any atom is -0.469 e. The molecule has 0 spiro atoms. The van der Waals surface area contributed by atoms with Gasteiger partial charge in [-0.15, -0.1) is 0 Å². The summed E-state index contributed by atoms with van der Waals surface area (Å²) in [5, 5.41) is 14.0. The fourth-order valence-corrected chi connectivity index (χ4v) is 5.88. The number of hydrogen-bond donors (Lipinski definition) is 2. The monoisotopic (exact) mass is 565 g/mol. The van der Waals surface area contributed by atoms with E-state index in [1.54, 1.807) is 36.7 Å². The molecule has 0 radical (unpaired) electrons. The molecule has 1 aliphatic heterocycles. The van der Waals surface area contributed by atoms with Gasteiger partial charge in [-0.3, -0.25) is 19.5 Å². The van der Waals surface area contributed by atoms with Gasteiger partial charge < -0.3 is 19.9 Å². The summed E-state index contributed by atoms with van der Waals surface area (Å²) in [6, 6.07) is 17.3. The number of fused-ring (bicyclic) bond motifs is 2. The molecule has 2 aliphatic carbocycles. The Hall–Kier alpha value is -4.27. The number of nitrogens with zero attached hydrogens (tertiary/aromatic N) is 2. The zero-order valence-corrected chi connectivity index (χ0v) is 24.0. The molecule has 1 saturated heterocycles. The third-order valence-corrected chi connectivity index (χ3v) is 8.18. The number of rotatable bonds is 6. The van der Waals surface area contributed by atoms with Crippen LogP contribution in [0.3, 0.4) is 0 Å². The maximum absolute atomic E-state index is 14.5. The van der Waals surface area contributed by atoms with Gasteiger partial charge in [0.05, 0.1) is 12.1 Å². The van der Waals surface area contributed by atoms with Gasteiger partial charge in [-0.05, 0) is 52.5 Å². The van der Waals surface area contributed by atoms with E-state index >= 15 is 0 Å². The first-order valence-electron chi connectivity index (χ1n) is 14.3. The highest BCUT2D eigenvalue weighted by Crippen LogP contribution is 2.37. The number of aromatic nitrogens is 1. The van der Waals surface area contributed by atoms with Crippen LogP contribution in [0, 0.1) is 0 Å². The summed E-state index contributed by atoms with van der Waals surface area (Å²) in [5.74, 6) is -0.0335. The lowest BCUT2D eigenvalue weighted by Crippen LogP contribution is -2.47. The molecule has 1 aromatic heterocycles. The van der Waals surface area contributed by atoms with Crippen molar-refractivity contribution in [2.45, 2.75) is 63.3 Å². The number of ether oxygens (including phenoxy) is 2. The maximum atomic E-state index is 14.5. The Morgan fingerprint density at radius 3 is 2.55 bits per heavy atom. The zero-order valence-electron chi connectivity index (χ0n) is 24.0. The van der Waals surface area contributed by atoms with Crippen molar-refractivity contribution in [3.05, 3.63) is 119 Å². The normalized spacial score (nSPS) is 21.8. The van der Waals surface area contributed by atoms with Gasteiger partial charge in [0.1, 0.15) is 17.9 Å². The first kappa shape index (κ1) is 27.9.